The van der Waals surface area contributed by atoms with Crippen molar-refractivity contribution in [2.24, 2.45) is 0 Å². The molecule has 0 bridgehead atoms. The van der Waals surface area contributed by atoms with E-state index in [1.165, 1.54) is 18.7 Å². The summed E-state index contributed by atoms with van der Waals surface area (Å²) in [7, 11) is 1.80. The Labute approximate surface area is 59.7 Å². The van der Waals surface area contributed by atoms with Crippen molar-refractivity contribution in [1.29, 1.82) is 0 Å². The average Bonchev–Trinajstić information content (AvgIpc) is 1.82. The lowest BCUT2D eigenvalue weighted by Crippen LogP contribution is -2.03. The van der Waals surface area contributed by atoms with Crippen molar-refractivity contribution in [2.45, 2.75) is 6.92 Å². The number of carbonyl (C=O) groups excluding carboxylic acids is 1. The van der Waals surface area contributed by atoms with Crippen LogP contribution in [-0.4, -0.2) is 19.1 Å². The lowest BCUT2D eigenvalue weighted by atomic mass is 10.4. The second-order valence-corrected chi connectivity index (χ2v) is 2.42. The van der Waals surface area contributed by atoms with Gasteiger partial charge in [0.2, 0.25) is 0 Å². The highest BCUT2D eigenvalue weighted by Gasteiger charge is 1.90. The zero-order valence-corrected chi connectivity index (χ0v) is 6.71. The summed E-state index contributed by atoms with van der Waals surface area (Å²) in [5.74, 6) is 0.0775. The van der Waals surface area contributed by atoms with Crippen molar-refractivity contribution in [3.8, 4) is 0 Å². The quantitative estimate of drug-likeness (QED) is 0.601. The summed E-state index contributed by atoms with van der Waals surface area (Å²) >= 11 is 1.53. The molecular weight excluding hydrogens is 134 g/mol. The van der Waals surface area contributed by atoms with Gasteiger partial charge in [0.1, 0.15) is 0 Å². The first kappa shape index (κ1) is 8.56. The van der Waals surface area contributed by atoms with E-state index in [9.17, 15) is 4.79 Å². The molecule has 9 heavy (non-hydrogen) atoms. The van der Waals surface area contributed by atoms with Gasteiger partial charge < -0.3 is 5.32 Å². The molecule has 0 amide bonds. The molecule has 1 N–H and O–H groups in total. The minimum absolute atomic E-state index is 0.0775. The Bertz CT molecular complexity index is 125. The molecule has 0 heterocycles. The van der Waals surface area contributed by atoms with Crippen LogP contribution in [0.2, 0.25) is 0 Å². The standard InChI is InChI=1S/C6H11NOS/c1-5(8)4-6(7-2)9-3/h4,7H,1-3H3/b6-4-. The Morgan fingerprint density at radius 1 is 1.67 bits per heavy atom. The molecule has 0 spiro atoms. The predicted molar refractivity (Wildman–Crippen MR) is 41.3 cm³/mol. The molecule has 0 aromatic carbocycles. The van der Waals surface area contributed by atoms with Crippen LogP contribution < -0.4 is 5.32 Å². The lowest BCUT2D eigenvalue weighted by molar-refractivity contribution is -0.112. The van der Waals surface area contributed by atoms with Crippen molar-refractivity contribution >= 4 is 17.5 Å². The van der Waals surface area contributed by atoms with E-state index < -0.39 is 0 Å². The van der Waals surface area contributed by atoms with Crippen LogP contribution in [0, 0.1) is 0 Å². The van der Waals surface area contributed by atoms with Crippen LogP contribution >= 0.6 is 11.8 Å². The minimum atomic E-state index is 0.0775. The molecular formula is C6H11NOS. The summed E-state index contributed by atoms with van der Waals surface area (Å²) < 4.78 is 0. The fourth-order valence-electron chi connectivity index (χ4n) is 0.418. The Hall–Kier alpha value is -0.440. The van der Waals surface area contributed by atoms with E-state index in [0.29, 0.717) is 0 Å². The van der Waals surface area contributed by atoms with E-state index in [4.69, 9.17) is 0 Å². The molecule has 0 aromatic rings. The molecule has 3 heteroatoms. The number of thioether (sulfide) groups is 1. The van der Waals surface area contributed by atoms with Crippen LogP contribution in [0.25, 0.3) is 0 Å². The second kappa shape index (κ2) is 4.44. The van der Waals surface area contributed by atoms with Crippen LogP contribution in [-0.2, 0) is 4.79 Å². The summed E-state index contributed by atoms with van der Waals surface area (Å²) in [5, 5.41) is 3.79. The summed E-state index contributed by atoms with van der Waals surface area (Å²) in [4.78, 5) is 10.4. The van der Waals surface area contributed by atoms with Crippen LogP contribution in [0.1, 0.15) is 6.92 Å². The fraction of sp³-hybridized carbons (Fsp3) is 0.500. The maximum atomic E-state index is 10.4. The maximum absolute atomic E-state index is 10.4. The van der Waals surface area contributed by atoms with Gasteiger partial charge in [-0.2, -0.15) is 0 Å². The van der Waals surface area contributed by atoms with E-state index in [0.717, 1.165) is 5.03 Å². The highest BCUT2D eigenvalue weighted by atomic mass is 32.2. The molecule has 0 unspecified atom stereocenters. The normalized spacial score (nSPS) is 11.2. The molecule has 2 nitrogen and oxygen atoms in total. The maximum Gasteiger partial charge on any atom is 0.155 e. The molecule has 0 rings (SSSR count). The fourth-order valence-corrected chi connectivity index (χ4v) is 0.906. The molecule has 0 saturated heterocycles. The van der Waals surface area contributed by atoms with Gasteiger partial charge >= 0.3 is 0 Å². The van der Waals surface area contributed by atoms with E-state index in [-0.39, 0.29) is 5.78 Å². The van der Waals surface area contributed by atoms with E-state index in [1.807, 2.05) is 6.26 Å². The smallest absolute Gasteiger partial charge is 0.155 e. The van der Waals surface area contributed by atoms with E-state index in [1.54, 1.807) is 13.1 Å². The first-order chi connectivity index (χ1) is 4.20. The summed E-state index contributed by atoms with van der Waals surface area (Å²) in [5.41, 5.74) is 0. The Kier molecular flexibility index (Phi) is 4.22. The molecule has 0 aromatic heterocycles. The van der Waals surface area contributed by atoms with Crippen molar-refractivity contribution in [3.63, 3.8) is 0 Å². The monoisotopic (exact) mass is 145 g/mol. The molecule has 0 aliphatic heterocycles. The molecule has 0 radical (unpaired) electrons. The number of hydrogen-bond acceptors (Lipinski definition) is 3. The molecule has 0 aliphatic carbocycles. The van der Waals surface area contributed by atoms with Crippen LogP contribution in [0.4, 0.5) is 0 Å². The van der Waals surface area contributed by atoms with Gasteiger partial charge in [-0.25, -0.2) is 0 Å². The molecule has 0 fully saturated rings. The third-order valence-electron chi connectivity index (χ3n) is 0.801. The summed E-state index contributed by atoms with van der Waals surface area (Å²) in [6.45, 7) is 1.54. The molecule has 0 atom stereocenters. The third-order valence-corrected chi connectivity index (χ3v) is 1.56. The van der Waals surface area contributed by atoms with Crippen LogP contribution in [0.15, 0.2) is 11.1 Å². The largest absolute Gasteiger partial charge is 0.383 e. The predicted octanol–water partition coefficient (Wildman–Crippen LogP) is 0.999. The second-order valence-electron chi connectivity index (χ2n) is 1.57. The zero-order valence-electron chi connectivity index (χ0n) is 5.89. The Morgan fingerprint density at radius 2 is 2.22 bits per heavy atom. The van der Waals surface area contributed by atoms with Crippen LogP contribution in [0.5, 0.6) is 0 Å². The van der Waals surface area contributed by atoms with Gasteiger partial charge in [0, 0.05) is 13.1 Å². The number of ketones is 1. The van der Waals surface area contributed by atoms with E-state index in [2.05, 4.69) is 5.32 Å². The van der Waals surface area contributed by atoms with E-state index >= 15 is 0 Å². The van der Waals surface area contributed by atoms with Crippen molar-refractivity contribution in [1.82, 2.24) is 5.32 Å². The first-order valence-electron chi connectivity index (χ1n) is 2.64. The minimum Gasteiger partial charge on any atom is -0.383 e. The molecule has 0 saturated carbocycles. The SMILES string of the molecule is CN/C(=C/C(C)=O)SC. The third kappa shape index (κ3) is 4.09. The zero-order chi connectivity index (χ0) is 7.28. The number of nitrogens with one attached hydrogen (secondary N) is 1. The van der Waals surface area contributed by atoms with Gasteiger partial charge in [0.25, 0.3) is 0 Å². The lowest BCUT2D eigenvalue weighted by Gasteiger charge is -1.98. The van der Waals surface area contributed by atoms with Gasteiger partial charge in [-0.15, -0.1) is 11.8 Å². The Morgan fingerprint density at radius 3 is 2.33 bits per heavy atom. The molecule has 52 valence electrons. The number of hydrogen-bond donors (Lipinski definition) is 1. The van der Waals surface area contributed by atoms with Gasteiger partial charge in [0.05, 0.1) is 5.03 Å². The summed E-state index contributed by atoms with van der Waals surface area (Å²) in [6.07, 6.45) is 3.50. The Balaban J connectivity index is 3.91. The average molecular weight is 145 g/mol. The summed E-state index contributed by atoms with van der Waals surface area (Å²) in [6, 6.07) is 0. The highest BCUT2D eigenvalue weighted by molar-refractivity contribution is 8.02. The first-order valence-corrected chi connectivity index (χ1v) is 3.87. The van der Waals surface area contributed by atoms with Gasteiger partial charge in [-0.3, -0.25) is 4.79 Å². The number of allylic oxidation sites excluding steroid dienone is 1. The van der Waals surface area contributed by atoms with Crippen molar-refractivity contribution < 1.29 is 4.79 Å². The van der Waals surface area contributed by atoms with Gasteiger partial charge in [-0.1, -0.05) is 0 Å². The highest BCUT2D eigenvalue weighted by Crippen LogP contribution is 2.05. The topological polar surface area (TPSA) is 29.1 Å². The number of rotatable bonds is 3. The van der Waals surface area contributed by atoms with Crippen molar-refractivity contribution in [2.75, 3.05) is 13.3 Å². The molecule has 0 aliphatic rings. The number of carbonyl (C=O) groups is 1. The van der Waals surface area contributed by atoms with Gasteiger partial charge in [0.15, 0.2) is 5.78 Å². The van der Waals surface area contributed by atoms with Crippen LogP contribution in [0.3, 0.4) is 0 Å². The van der Waals surface area contributed by atoms with Gasteiger partial charge in [-0.05, 0) is 13.2 Å². The van der Waals surface area contributed by atoms with Crippen molar-refractivity contribution in [3.05, 3.63) is 11.1 Å².